The maximum atomic E-state index is 5.81. The molecule has 0 atom stereocenters. The molecule has 1 aromatic rings. The fraction of sp³-hybridized carbons (Fsp3) is 0.750. The van der Waals surface area contributed by atoms with Gasteiger partial charge in [0.15, 0.2) is 0 Å². The largest absolute Gasteiger partial charge is 0.372 e. The fourth-order valence-electron chi connectivity index (χ4n) is 2.63. The molecule has 5 heteroatoms. The average molecular weight is 292 g/mol. The number of hydrogen-bond donors (Lipinski definition) is 1. The molecule has 0 spiro atoms. The highest BCUT2D eigenvalue weighted by Gasteiger charge is 2.29. The number of nitrogens with one attached hydrogen (secondary N) is 1. The Bertz CT molecular complexity index is 487. The number of rotatable bonds is 5. The topological polar surface area (TPSA) is 50.3 Å². The highest BCUT2D eigenvalue weighted by atomic mass is 16.5. The first-order valence-corrected chi connectivity index (χ1v) is 7.97. The van der Waals surface area contributed by atoms with E-state index in [1.165, 1.54) is 0 Å². The van der Waals surface area contributed by atoms with Crippen LogP contribution in [0.3, 0.4) is 0 Å². The molecule has 2 rings (SSSR count). The van der Waals surface area contributed by atoms with Crippen molar-refractivity contribution in [2.45, 2.75) is 53.1 Å². The SMILES string of the molecule is CCCNc1nc(CC)nc(N2CCOC(C)(C)C2)c1C. The summed E-state index contributed by atoms with van der Waals surface area (Å²) in [5, 5.41) is 3.43. The molecule has 21 heavy (non-hydrogen) atoms. The normalized spacial score (nSPS) is 17.9. The lowest BCUT2D eigenvalue weighted by Gasteiger charge is -2.39. The summed E-state index contributed by atoms with van der Waals surface area (Å²) in [4.78, 5) is 11.7. The minimum absolute atomic E-state index is 0.126. The Morgan fingerprint density at radius 3 is 2.67 bits per heavy atom. The van der Waals surface area contributed by atoms with E-state index in [0.717, 1.165) is 62.1 Å². The quantitative estimate of drug-likeness (QED) is 0.904. The second-order valence-corrected chi connectivity index (χ2v) is 6.25. The molecule has 0 radical (unpaired) electrons. The van der Waals surface area contributed by atoms with Crippen LogP contribution in [0, 0.1) is 6.92 Å². The fourth-order valence-corrected chi connectivity index (χ4v) is 2.63. The summed E-state index contributed by atoms with van der Waals surface area (Å²) >= 11 is 0. The first kappa shape index (κ1) is 16.0. The van der Waals surface area contributed by atoms with E-state index in [1.54, 1.807) is 0 Å². The van der Waals surface area contributed by atoms with Gasteiger partial charge in [-0.05, 0) is 27.2 Å². The zero-order valence-corrected chi connectivity index (χ0v) is 14.0. The van der Waals surface area contributed by atoms with Crippen molar-refractivity contribution in [2.75, 3.05) is 36.5 Å². The predicted octanol–water partition coefficient (Wildman–Crippen LogP) is 2.78. The molecule has 1 fully saturated rings. The van der Waals surface area contributed by atoms with Crippen molar-refractivity contribution in [3.8, 4) is 0 Å². The molecule has 5 nitrogen and oxygen atoms in total. The van der Waals surface area contributed by atoms with Crippen molar-refractivity contribution in [3.05, 3.63) is 11.4 Å². The van der Waals surface area contributed by atoms with Gasteiger partial charge in [0.25, 0.3) is 0 Å². The van der Waals surface area contributed by atoms with Crippen LogP contribution in [0.25, 0.3) is 0 Å². The van der Waals surface area contributed by atoms with E-state index in [1.807, 2.05) is 0 Å². The molecule has 0 saturated carbocycles. The molecule has 1 aliphatic heterocycles. The number of ether oxygens (including phenoxy) is 1. The number of hydrogen-bond acceptors (Lipinski definition) is 5. The second-order valence-electron chi connectivity index (χ2n) is 6.25. The lowest BCUT2D eigenvalue weighted by molar-refractivity contribution is -0.0279. The van der Waals surface area contributed by atoms with E-state index >= 15 is 0 Å². The van der Waals surface area contributed by atoms with E-state index < -0.39 is 0 Å². The maximum absolute atomic E-state index is 5.81. The van der Waals surface area contributed by atoms with Crippen LogP contribution < -0.4 is 10.2 Å². The van der Waals surface area contributed by atoms with Gasteiger partial charge in [-0.2, -0.15) is 0 Å². The third kappa shape index (κ3) is 3.84. The molecule has 1 N–H and O–H groups in total. The summed E-state index contributed by atoms with van der Waals surface area (Å²) in [5.74, 6) is 2.93. The standard InChI is InChI=1S/C16H28N4O/c1-6-8-17-14-12(3)15(19-13(7-2)18-14)20-9-10-21-16(4,5)11-20/h6-11H2,1-5H3,(H,17,18,19). The van der Waals surface area contributed by atoms with Crippen molar-refractivity contribution >= 4 is 11.6 Å². The van der Waals surface area contributed by atoms with E-state index in [9.17, 15) is 0 Å². The Morgan fingerprint density at radius 2 is 2.05 bits per heavy atom. The van der Waals surface area contributed by atoms with Crippen LogP contribution in [0.2, 0.25) is 0 Å². The van der Waals surface area contributed by atoms with Crippen LogP contribution in [-0.4, -0.2) is 41.8 Å². The van der Waals surface area contributed by atoms with Gasteiger partial charge in [-0.1, -0.05) is 13.8 Å². The van der Waals surface area contributed by atoms with Crippen LogP contribution in [0.5, 0.6) is 0 Å². The minimum atomic E-state index is -0.126. The van der Waals surface area contributed by atoms with Gasteiger partial charge in [0.05, 0.1) is 12.2 Å². The molecular formula is C16H28N4O. The lowest BCUT2D eigenvalue weighted by atomic mass is 10.1. The molecule has 0 unspecified atom stereocenters. The Balaban J connectivity index is 2.32. The van der Waals surface area contributed by atoms with Crippen LogP contribution >= 0.6 is 0 Å². The van der Waals surface area contributed by atoms with Gasteiger partial charge in [-0.3, -0.25) is 0 Å². The Hall–Kier alpha value is -1.36. The summed E-state index contributed by atoms with van der Waals surface area (Å²) < 4.78 is 5.81. The second kappa shape index (κ2) is 6.60. The van der Waals surface area contributed by atoms with Gasteiger partial charge < -0.3 is 15.0 Å². The third-order valence-corrected chi connectivity index (χ3v) is 3.75. The molecule has 1 aromatic heterocycles. The number of nitrogens with zero attached hydrogens (tertiary/aromatic N) is 3. The third-order valence-electron chi connectivity index (χ3n) is 3.75. The molecule has 2 heterocycles. The van der Waals surface area contributed by atoms with Gasteiger partial charge in [-0.25, -0.2) is 9.97 Å². The monoisotopic (exact) mass is 292 g/mol. The Morgan fingerprint density at radius 1 is 1.29 bits per heavy atom. The van der Waals surface area contributed by atoms with Gasteiger partial charge in [-0.15, -0.1) is 0 Å². The summed E-state index contributed by atoms with van der Waals surface area (Å²) in [6, 6.07) is 0. The van der Waals surface area contributed by atoms with Gasteiger partial charge in [0, 0.05) is 31.6 Å². The summed E-state index contributed by atoms with van der Waals surface area (Å²) in [7, 11) is 0. The van der Waals surface area contributed by atoms with Crippen LogP contribution in [0.4, 0.5) is 11.6 Å². The first-order valence-electron chi connectivity index (χ1n) is 7.97. The molecule has 0 bridgehead atoms. The summed E-state index contributed by atoms with van der Waals surface area (Å²) in [5.41, 5.74) is 1.01. The van der Waals surface area contributed by atoms with E-state index in [0.29, 0.717) is 0 Å². The number of aryl methyl sites for hydroxylation is 1. The maximum Gasteiger partial charge on any atom is 0.137 e. The van der Waals surface area contributed by atoms with Gasteiger partial charge in [0.2, 0.25) is 0 Å². The van der Waals surface area contributed by atoms with E-state index in [4.69, 9.17) is 9.72 Å². The van der Waals surface area contributed by atoms with Crippen molar-refractivity contribution < 1.29 is 4.74 Å². The minimum Gasteiger partial charge on any atom is -0.372 e. The lowest BCUT2D eigenvalue weighted by Crippen LogP contribution is -2.49. The van der Waals surface area contributed by atoms with Gasteiger partial charge >= 0.3 is 0 Å². The molecule has 0 amide bonds. The number of anilines is 2. The molecule has 0 aliphatic carbocycles. The Kier molecular flexibility index (Phi) is 5.04. The smallest absolute Gasteiger partial charge is 0.137 e. The summed E-state index contributed by atoms with van der Waals surface area (Å²) in [6.45, 7) is 14.1. The van der Waals surface area contributed by atoms with Crippen molar-refractivity contribution in [2.24, 2.45) is 0 Å². The van der Waals surface area contributed by atoms with Crippen LogP contribution in [0.1, 0.15) is 45.5 Å². The zero-order valence-electron chi connectivity index (χ0n) is 14.0. The van der Waals surface area contributed by atoms with Crippen LogP contribution in [-0.2, 0) is 11.2 Å². The molecule has 118 valence electrons. The predicted molar refractivity (Wildman–Crippen MR) is 87.2 cm³/mol. The van der Waals surface area contributed by atoms with E-state index in [2.05, 4.69) is 49.8 Å². The molecule has 0 aromatic carbocycles. The van der Waals surface area contributed by atoms with Crippen molar-refractivity contribution in [1.82, 2.24) is 9.97 Å². The van der Waals surface area contributed by atoms with E-state index in [-0.39, 0.29) is 5.60 Å². The molecular weight excluding hydrogens is 264 g/mol. The van der Waals surface area contributed by atoms with Gasteiger partial charge in [0.1, 0.15) is 17.5 Å². The first-order chi connectivity index (χ1) is 9.96. The highest BCUT2D eigenvalue weighted by Crippen LogP contribution is 2.28. The molecule has 1 saturated heterocycles. The number of aromatic nitrogens is 2. The number of morpholine rings is 1. The highest BCUT2D eigenvalue weighted by molar-refractivity contribution is 5.59. The zero-order chi connectivity index (χ0) is 15.5. The average Bonchev–Trinajstić information content (AvgIpc) is 2.45. The summed E-state index contributed by atoms with van der Waals surface area (Å²) in [6.07, 6.45) is 1.94. The van der Waals surface area contributed by atoms with Crippen molar-refractivity contribution in [1.29, 1.82) is 0 Å². The van der Waals surface area contributed by atoms with Crippen LogP contribution in [0.15, 0.2) is 0 Å². The molecule has 1 aliphatic rings. The Labute approximate surface area is 128 Å². The van der Waals surface area contributed by atoms with Crippen molar-refractivity contribution in [3.63, 3.8) is 0 Å².